The molecule has 0 aromatic heterocycles. The Bertz CT molecular complexity index is 697. The van der Waals surface area contributed by atoms with Gasteiger partial charge in [0.1, 0.15) is 0 Å². The van der Waals surface area contributed by atoms with Crippen LogP contribution in [0.3, 0.4) is 0 Å². The molecule has 0 aliphatic carbocycles. The fourth-order valence-electron chi connectivity index (χ4n) is 1.84. The summed E-state index contributed by atoms with van der Waals surface area (Å²) in [6.07, 6.45) is 0. The molecule has 0 saturated carbocycles. The Labute approximate surface area is 107 Å². The lowest BCUT2D eigenvalue weighted by molar-refractivity contribution is 0.868. The predicted molar refractivity (Wildman–Crippen MR) is 72.1 cm³/mol. The molecule has 2 rings (SSSR count). The average Bonchev–Trinajstić information content (AvgIpc) is 2.43. The lowest BCUT2D eigenvalue weighted by Gasteiger charge is -2.14. The van der Waals surface area contributed by atoms with Crippen LogP contribution < -0.4 is 0 Å². The van der Waals surface area contributed by atoms with Gasteiger partial charge < -0.3 is 0 Å². The molecule has 0 aliphatic heterocycles. The summed E-state index contributed by atoms with van der Waals surface area (Å²) in [5.41, 5.74) is 1.05. The molecule has 0 heteroatoms. The van der Waals surface area contributed by atoms with E-state index in [2.05, 4.69) is 0 Å². The van der Waals surface area contributed by atoms with Gasteiger partial charge in [-0.3, -0.25) is 0 Å². The van der Waals surface area contributed by atoms with Gasteiger partial charge >= 0.3 is 0 Å². The Morgan fingerprint density at radius 3 is 1.44 bits per heavy atom. The van der Waals surface area contributed by atoms with Gasteiger partial charge in [-0.25, -0.2) is 0 Å². The predicted octanol–water partition coefficient (Wildman–Crippen LogP) is 5.09. The first kappa shape index (κ1) is 5.86. The lowest BCUT2D eigenvalue weighted by atomic mass is 9.90. The number of fused-ring (bicyclic) bond motifs is 1. The summed E-state index contributed by atoms with van der Waals surface area (Å²) in [5, 5.41) is 0.788. The molecule has 0 fully saturated rings. The van der Waals surface area contributed by atoms with E-state index in [9.17, 15) is 0 Å². The van der Waals surface area contributed by atoms with Crippen LogP contribution in [0.15, 0.2) is 36.3 Å². The van der Waals surface area contributed by atoms with Crippen LogP contribution >= 0.6 is 0 Å². The van der Waals surface area contributed by atoms with Crippen molar-refractivity contribution in [2.75, 3.05) is 0 Å². The van der Waals surface area contributed by atoms with Gasteiger partial charge in [0.25, 0.3) is 0 Å². The molecule has 0 N–H and O–H groups in total. The normalized spacial score (nSPS) is 16.9. The topological polar surface area (TPSA) is 0 Å². The quantitative estimate of drug-likeness (QED) is 0.659. The van der Waals surface area contributed by atoms with E-state index in [1.807, 2.05) is 27.7 Å². The van der Waals surface area contributed by atoms with Crippen LogP contribution in [0.25, 0.3) is 10.8 Å². The fourth-order valence-corrected chi connectivity index (χ4v) is 1.84. The molecule has 0 spiro atoms. The molecule has 0 aliphatic rings. The van der Waals surface area contributed by atoms with E-state index >= 15 is 0 Å². The van der Waals surface area contributed by atoms with Crippen molar-refractivity contribution in [2.45, 2.75) is 39.5 Å². The molecular weight excluding hydrogens is 192 g/mol. The highest BCUT2D eigenvalue weighted by atomic mass is 14.1. The molecule has 0 amide bonds. The number of hydrogen-bond acceptors (Lipinski definition) is 0. The van der Waals surface area contributed by atoms with Gasteiger partial charge in [-0.05, 0) is 33.7 Å². The van der Waals surface area contributed by atoms with E-state index in [4.69, 9.17) is 8.22 Å². The third kappa shape index (κ3) is 1.84. The number of rotatable bonds is 2. The average molecular weight is 218 g/mol. The third-order valence-corrected chi connectivity index (χ3v) is 2.71. The molecule has 0 saturated heterocycles. The van der Waals surface area contributed by atoms with Gasteiger partial charge in [0.15, 0.2) is 0 Å². The van der Waals surface area contributed by atoms with Gasteiger partial charge in [-0.2, -0.15) is 0 Å². The Kier molecular flexibility index (Phi) is 1.57. The Morgan fingerprint density at radius 2 is 1.12 bits per heavy atom. The van der Waals surface area contributed by atoms with Crippen molar-refractivity contribution < 1.29 is 8.22 Å². The molecule has 2 aromatic carbocycles. The lowest BCUT2D eigenvalue weighted by Crippen LogP contribution is -1.93. The van der Waals surface area contributed by atoms with Crippen LogP contribution in [0.2, 0.25) is 0 Å². The maximum atomic E-state index is 8.23. The molecule has 16 heavy (non-hydrogen) atoms. The fraction of sp³-hybridized carbons (Fsp3) is 0.375. The van der Waals surface area contributed by atoms with Crippen molar-refractivity contribution in [3.05, 3.63) is 47.4 Å². The second kappa shape index (κ2) is 4.29. The largest absolute Gasteiger partial charge is 0.0629 e. The minimum absolute atomic E-state index is 0.0483. The Balaban J connectivity index is 3.25. The van der Waals surface area contributed by atoms with Crippen molar-refractivity contribution in [3.63, 3.8) is 0 Å². The van der Waals surface area contributed by atoms with Gasteiger partial charge in [0.2, 0.25) is 0 Å². The monoisotopic (exact) mass is 218 g/mol. The van der Waals surface area contributed by atoms with Crippen LogP contribution in [0, 0.1) is 0 Å². The summed E-state index contributed by atoms with van der Waals surface area (Å²) in [5.74, 6) is -0.195. The van der Waals surface area contributed by atoms with Crippen LogP contribution in [0.4, 0.5) is 0 Å². The van der Waals surface area contributed by atoms with Gasteiger partial charge in [-0.15, -0.1) is 0 Å². The summed E-state index contributed by atoms with van der Waals surface area (Å²) in [6.45, 7) is 7.51. The SMILES string of the molecule is [2H]c1c([2H])c(C(C)C)c2c([2H])c([2H])c([2H])c(C(C)C)c2c1[2H]. The molecular formula is C16H20. The first-order valence-electron chi connectivity index (χ1n) is 8.64. The first-order chi connectivity index (χ1) is 10.1. The van der Waals surface area contributed by atoms with E-state index in [1.54, 1.807) is 0 Å². The van der Waals surface area contributed by atoms with Crippen molar-refractivity contribution >= 4 is 10.8 Å². The summed E-state index contributed by atoms with van der Waals surface area (Å²) in [6, 6.07) is -0.671. The van der Waals surface area contributed by atoms with E-state index in [0.717, 1.165) is 0 Å². The van der Waals surface area contributed by atoms with Gasteiger partial charge in [0, 0.05) is 0 Å². The highest BCUT2D eigenvalue weighted by molar-refractivity contribution is 5.89. The molecule has 0 bridgehead atoms. The zero-order chi connectivity index (χ0) is 16.9. The summed E-state index contributed by atoms with van der Waals surface area (Å²) in [4.78, 5) is 0. The molecule has 0 radical (unpaired) electrons. The second-order valence-electron chi connectivity index (χ2n) is 4.64. The second-order valence-corrected chi connectivity index (χ2v) is 4.64. The van der Waals surface area contributed by atoms with Crippen LogP contribution in [0.5, 0.6) is 0 Å². The Hall–Kier alpha value is -1.30. The van der Waals surface area contributed by atoms with E-state index < -0.39 is 0 Å². The van der Waals surface area contributed by atoms with Crippen molar-refractivity contribution in [3.8, 4) is 0 Å². The maximum Gasteiger partial charge on any atom is 0.0629 e. The van der Waals surface area contributed by atoms with Crippen LogP contribution in [-0.2, 0) is 0 Å². The minimum Gasteiger partial charge on any atom is -0.0613 e. The molecule has 2 aromatic rings. The van der Waals surface area contributed by atoms with Crippen molar-refractivity contribution in [1.82, 2.24) is 0 Å². The maximum absolute atomic E-state index is 8.23. The standard InChI is InChI=1S/C16H20/c1-11(2)13-7-5-10-16-14(12(3)4)8-6-9-15(13)16/h5-12H,1-4H3/i5D,6D,7D,8D,9D,10D. The highest BCUT2D eigenvalue weighted by Gasteiger charge is 2.08. The van der Waals surface area contributed by atoms with Crippen LogP contribution in [-0.4, -0.2) is 0 Å². The summed E-state index contributed by atoms with van der Waals surface area (Å²) < 4.78 is 48.9. The van der Waals surface area contributed by atoms with E-state index in [1.165, 1.54) is 0 Å². The number of benzene rings is 2. The van der Waals surface area contributed by atoms with Crippen molar-refractivity contribution in [1.29, 1.82) is 0 Å². The molecule has 0 heterocycles. The van der Waals surface area contributed by atoms with Gasteiger partial charge in [-0.1, -0.05) is 63.9 Å². The first-order valence-corrected chi connectivity index (χ1v) is 5.64. The molecule has 0 atom stereocenters. The Morgan fingerprint density at radius 1 is 0.750 bits per heavy atom. The zero-order valence-corrected chi connectivity index (χ0v) is 10.2. The van der Waals surface area contributed by atoms with E-state index in [0.29, 0.717) is 21.9 Å². The zero-order valence-electron chi connectivity index (χ0n) is 16.2. The third-order valence-electron chi connectivity index (χ3n) is 2.71. The van der Waals surface area contributed by atoms with Gasteiger partial charge in [0.05, 0.1) is 8.22 Å². The summed E-state index contributed by atoms with van der Waals surface area (Å²) >= 11 is 0. The smallest absolute Gasteiger partial charge is 0.0613 e. The molecule has 84 valence electrons. The number of hydrogen-bond donors (Lipinski definition) is 0. The molecule has 0 unspecified atom stereocenters. The summed E-state index contributed by atoms with van der Waals surface area (Å²) in [7, 11) is 0. The van der Waals surface area contributed by atoms with Crippen molar-refractivity contribution in [2.24, 2.45) is 0 Å². The van der Waals surface area contributed by atoms with Crippen LogP contribution in [0.1, 0.15) is 58.9 Å². The van der Waals surface area contributed by atoms with E-state index in [-0.39, 0.29) is 48.1 Å². The highest BCUT2D eigenvalue weighted by Crippen LogP contribution is 2.30. The minimum atomic E-state index is -0.172. The molecule has 0 nitrogen and oxygen atoms in total.